The van der Waals surface area contributed by atoms with Gasteiger partial charge in [0.25, 0.3) is 0 Å². The van der Waals surface area contributed by atoms with E-state index in [4.69, 9.17) is 11.5 Å². The molecule has 0 aromatic rings. The van der Waals surface area contributed by atoms with Gasteiger partial charge in [-0.3, -0.25) is 9.69 Å². The predicted molar refractivity (Wildman–Crippen MR) is 58.8 cm³/mol. The van der Waals surface area contributed by atoms with Gasteiger partial charge in [-0.05, 0) is 34.1 Å². The van der Waals surface area contributed by atoms with Crippen LogP contribution >= 0.6 is 0 Å². The fraction of sp³-hybridized carbons (Fsp3) is 0.900. The van der Waals surface area contributed by atoms with Gasteiger partial charge in [-0.25, -0.2) is 0 Å². The summed E-state index contributed by atoms with van der Waals surface area (Å²) in [5.41, 5.74) is 10.7. The number of carbonyl (C=O) groups excluding carboxylic acids is 1. The molecular formula is C10H23N3O. The maximum atomic E-state index is 10.7. The van der Waals surface area contributed by atoms with Crippen LogP contribution in [0.4, 0.5) is 0 Å². The van der Waals surface area contributed by atoms with E-state index in [0.29, 0.717) is 18.5 Å². The lowest BCUT2D eigenvalue weighted by atomic mass is 10.1. The first-order chi connectivity index (χ1) is 6.36. The molecule has 4 N–H and O–H groups in total. The Morgan fingerprint density at radius 2 is 1.64 bits per heavy atom. The van der Waals surface area contributed by atoms with Crippen molar-refractivity contribution in [3.05, 3.63) is 0 Å². The van der Waals surface area contributed by atoms with Gasteiger partial charge < -0.3 is 11.5 Å². The van der Waals surface area contributed by atoms with Crippen LogP contribution in [0.1, 0.15) is 34.1 Å². The Balaban J connectivity index is 4.00. The molecule has 0 rings (SSSR count). The zero-order valence-electron chi connectivity index (χ0n) is 9.66. The smallest absolute Gasteiger partial charge is 0.234 e. The summed E-state index contributed by atoms with van der Waals surface area (Å²) in [5.74, 6) is -0.419. The third-order valence-electron chi connectivity index (χ3n) is 2.39. The molecule has 0 aliphatic carbocycles. The molecule has 1 unspecified atom stereocenters. The van der Waals surface area contributed by atoms with Crippen molar-refractivity contribution in [2.45, 2.75) is 52.2 Å². The van der Waals surface area contributed by atoms with Gasteiger partial charge in [0.1, 0.15) is 0 Å². The molecule has 14 heavy (non-hydrogen) atoms. The highest BCUT2D eigenvalue weighted by Crippen LogP contribution is 2.06. The Morgan fingerprint density at radius 3 is 1.93 bits per heavy atom. The number of carbonyl (C=O) groups is 1. The molecule has 0 spiro atoms. The number of primary amides is 1. The molecule has 0 heterocycles. The van der Waals surface area contributed by atoms with Gasteiger partial charge >= 0.3 is 0 Å². The quantitative estimate of drug-likeness (QED) is 0.649. The molecule has 0 aromatic heterocycles. The summed E-state index contributed by atoms with van der Waals surface area (Å²) >= 11 is 0. The monoisotopic (exact) mass is 201 g/mol. The van der Waals surface area contributed by atoms with Gasteiger partial charge in [0.2, 0.25) is 5.91 Å². The zero-order valence-corrected chi connectivity index (χ0v) is 9.66. The maximum absolute atomic E-state index is 10.7. The number of nitrogens with zero attached hydrogens (tertiary/aromatic N) is 1. The van der Waals surface area contributed by atoms with E-state index in [1.165, 1.54) is 0 Å². The summed E-state index contributed by atoms with van der Waals surface area (Å²) in [6, 6.07) is 0.417. The van der Waals surface area contributed by atoms with Gasteiger partial charge in [0.05, 0.1) is 6.04 Å². The average molecular weight is 201 g/mol. The van der Waals surface area contributed by atoms with Gasteiger partial charge in [-0.15, -0.1) is 0 Å². The second-order valence-electron chi connectivity index (χ2n) is 4.22. The Bertz CT molecular complexity index is 172. The van der Waals surface area contributed by atoms with Crippen LogP contribution in [0.3, 0.4) is 0 Å². The highest BCUT2D eigenvalue weighted by molar-refractivity contribution is 5.79. The number of hydrogen-bond donors (Lipinski definition) is 2. The molecule has 0 aromatic carbocycles. The van der Waals surface area contributed by atoms with E-state index >= 15 is 0 Å². The standard InChI is InChI=1S/C10H23N3O/c1-7(2)13(8(3)4)6-5-9(11)10(12)14/h7-9H,5-6,11H2,1-4H3,(H2,12,14). The Labute approximate surface area is 86.6 Å². The number of nitrogens with two attached hydrogens (primary N) is 2. The van der Waals surface area contributed by atoms with E-state index in [-0.39, 0.29) is 0 Å². The highest BCUT2D eigenvalue weighted by atomic mass is 16.1. The van der Waals surface area contributed by atoms with E-state index < -0.39 is 11.9 Å². The van der Waals surface area contributed by atoms with Crippen LogP contribution in [0.2, 0.25) is 0 Å². The minimum atomic E-state index is -0.519. The largest absolute Gasteiger partial charge is 0.368 e. The Morgan fingerprint density at radius 1 is 1.21 bits per heavy atom. The molecule has 0 bridgehead atoms. The Kier molecular flexibility index (Phi) is 5.72. The molecule has 1 amide bonds. The van der Waals surface area contributed by atoms with Crippen LogP contribution in [-0.4, -0.2) is 35.5 Å². The SMILES string of the molecule is CC(C)N(CCC(N)C(N)=O)C(C)C. The third kappa shape index (κ3) is 4.58. The van der Waals surface area contributed by atoms with Gasteiger partial charge in [0.15, 0.2) is 0 Å². The minimum absolute atomic E-state index is 0.419. The van der Waals surface area contributed by atoms with Crippen molar-refractivity contribution < 1.29 is 4.79 Å². The van der Waals surface area contributed by atoms with Crippen molar-refractivity contribution in [1.82, 2.24) is 4.90 Å². The lowest BCUT2D eigenvalue weighted by Crippen LogP contribution is -2.43. The summed E-state index contributed by atoms with van der Waals surface area (Å²) in [5, 5.41) is 0. The lowest BCUT2D eigenvalue weighted by molar-refractivity contribution is -0.119. The van der Waals surface area contributed by atoms with E-state index in [0.717, 1.165) is 6.54 Å². The van der Waals surface area contributed by atoms with Crippen molar-refractivity contribution in [3.8, 4) is 0 Å². The first-order valence-corrected chi connectivity index (χ1v) is 5.17. The second kappa shape index (κ2) is 5.98. The summed E-state index contributed by atoms with van der Waals surface area (Å²) in [6.45, 7) is 9.36. The summed E-state index contributed by atoms with van der Waals surface area (Å²) in [6.07, 6.45) is 0.631. The fourth-order valence-electron chi connectivity index (χ4n) is 1.54. The summed E-state index contributed by atoms with van der Waals surface area (Å²) in [7, 11) is 0. The molecule has 4 nitrogen and oxygen atoms in total. The molecule has 84 valence electrons. The van der Waals surface area contributed by atoms with E-state index in [1.807, 2.05) is 0 Å². The van der Waals surface area contributed by atoms with Crippen molar-refractivity contribution in [2.24, 2.45) is 11.5 Å². The van der Waals surface area contributed by atoms with Crippen molar-refractivity contribution in [1.29, 1.82) is 0 Å². The highest BCUT2D eigenvalue weighted by Gasteiger charge is 2.16. The molecule has 4 heteroatoms. The minimum Gasteiger partial charge on any atom is -0.368 e. The lowest BCUT2D eigenvalue weighted by Gasteiger charge is -2.31. The van der Waals surface area contributed by atoms with Crippen LogP contribution in [0.5, 0.6) is 0 Å². The molecule has 1 atom stereocenters. The number of amides is 1. The van der Waals surface area contributed by atoms with Crippen LogP contribution < -0.4 is 11.5 Å². The normalized spacial score (nSPS) is 14.0. The van der Waals surface area contributed by atoms with Crippen molar-refractivity contribution in [2.75, 3.05) is 6.54 Å². The van der Waals surface area contributed by atoms with Crippen molar-refractivity contribution >= 4 is 5.91 Å². The van der Waals surface area contributed by atoms with Crippen molar-refractivity contribution in [3.63, 3.8) is 0 Å². The van der Waals surface area contributed by atoms with Gasteiger partial charge in [-0.1, -0.05) is 0 Å². The molecule has 0 fully saturated rings. The van der Waals surface area contributed by atoms with E-state index in [2.05, 4.69) is 32.6 Å². The maximum Gasteiger partial charge on any atom is 0.234 e. The topological polar surface area (TPSA) is 72.3 Å². The molecular weight excluding hydrogens is 178 g/mol. The van der Waals surface area contributed by atoms with Crippen LogP contribution in [0, 0.1) is 0 Å². The van der Waals surface area contributed by atoms with Crippen LogP contribution in [0.25, 0.3) is 0 Å². The van der Waals surface area contributed by atoms with Gasteiger partial charge in [0, 0.05) is 18.6 Å². The second-order valence-corrected chi connectivity index (χ2v) is 4.22. The van der Waals surface area contributed by atoms with E-state index in [9.17, 15) is 4.79 Å². The predicted octanol–water partition coefficient (Wildman–Crippen LogP) is 0.308. The molecule has 0 aliphatic heterocycles. The average Bonchev–Trinajstić information content (AvgIpc) is 2.02. The number of rotatable bonds is 6. The summed E-state index contributed by atoms with van der Waals surface area (Å²) < 4.78 is 0. The van der Waals surface area contributed by atoms with Gasteiger partial charge in [-0.2, -0.15) is 0 Å². The molecule has 0 saturated heterocycles. The third-order valence-corrected chi connectivity index (χ3v) is 2.39. The van der Waals surface area contributed by atoms with E-state index in [1.54, 1.807) is 0 Å². The first-order valence-electron chi connectivity index (χ1n) is 5.17. The number of hydrogen-bond acceptors (Lipinski definition) is 3. The van der Waals surface area contributed by atoms with Crippen LogP contribution in [-0.2, 0) is 4.79 Å². The first kappa shape index (κ1) is 13.4. The summed E-state index contributed by atoms with van der Waals surface area (Å²) in [4.78, 5) is 13.0. The molecule has 0 radical (unpaired) electrons. The van der Waals surface area contributed by atoms with Crippen LogP contribution in [0.15, 0.2) is 0 Å². The zero-order chi connectivity index (χ0) is 11.3. The molecule has 0 aliphatic rings. The Hall–Kier alpha value is -0.610. The molecule has 0 saturated carbocycles. The fourth-order valence-corrected chi connectivity index (χ4v) is 1.54.